The van der Waals surface area contributed by atoms with E-state index in [2.05, 4.69) is 37.9 Å². The van der Waals surface area contributed by atoms with E-state index in [1.54, 1.807) is 45.9 Å². The summed E-state index contributed by atoms with van der Waals surface area (Å²) in [6, 6.07) is 17.0. The lowest BCUT2D eigenvalue weighted by Crippen LogP contribution is -2.26. The second-order valence-corrected chi connectivity index (χ2v) is 8.49. The Hall–Kier alpha value is -4.99. The molecule has 0 fully saturated rings. The van der Waals surface area contributed by atoms with Crippen molar-refractivity contribution in [3.05, 3.63) is 90.0 Å². The molecular weight excluding hydrogens is 458 g/mol. The van der Waals surface area contributed by atoms with E-state index in [0.29, 0.717) is 22.9 Å². The van der Waals surface area contributed by atoms with Gasteiger partial charge in [0.15, 0.2) is 18.1 Å². The molecule has 1 aliphatic heterocycles. The molecule has 0 saturated heterocycles. The Morgan fingerprint density at radius 3 is 2.81 bits per heavy atom. The van der Waals surface area contributed by atoms with Crippen LogP contribution in [-0.4, -0.2) is 42.8 Å². The zero-order chi connectivity index (χ0) is 24.6. The van der Waals surface area contributed by atoms with Crippen molar-refractivity contribution in [2.45, 2.75) is 13.5 Å². The van der Waals surface area contributed by atoms with E-state index in [4.69, 9.17) is 4.74 Å². The Morgan fingerprint density at radius 2 is 1.94 bits per heavy atom. The first-order valence-electron chi connectivity index (χ1n) is 11.3. The highest BCUT2D eigenvalue weighted by molar-refractivity contribution is 5.95. The van der Waals surface area contributed by atoms with E-state index in [1.807, 2.05) is 31.3 Å². The van der Waals surface area contributed by atoms with Crippen LogP contribution in [0.1, 0.15) is 21.6 Å². The monoisotopic (exact) mass is 479 g/mol. The minimum atomic E-state index is -0.344. The molecule has 0 aliphatic carbocycles. The van der Waals surface area contributed by atoms with Crippen LogP contribution in [0.3, 0.4) is 0 Å². The summed E-state index contributed by atoms with van der Waals surface area (Å²) < 4.78 is 8.70. The van der Waals surface area contributed by atoms with Gasteiger partial charge in [0.1, 0.15) is 11.4 Å². The number of hydrogen-bond donors (Lipinski definition) is 2. The van der Waals surface area contributed by atoms with Gasteiger partial charge >= 0.3 is 0 Å². The predicted molar refractivity (Wildman–Crippen MR) is 132 cm³/mol. The number of carbonyl (C=O) groups is 2. The summed E-state index contributed by atoms with van der Waals surface area (Å²) in [4.78, 5) is 29.1. The SMILES string of the molecule is Cc1ccc(-c2cnn(-c3cc(C(=O)NCc4ccc5c(c4)NC(=O)CO5)nc4ccnn34)c2)cc1. The molecule has 4 heterocycles. The van der Waals surface area contributed by atoms with E-state index < -0.39 is 0 Å². The third-order valence-electron chi connectivity index (χ3n) is 5.91. The fraction of sp³-hybridized carbons (Fsp3) is 0.115. The van der Waals surface area contributed by atoms with Gasteiger partial charge in [-0.3, -0.25) is 9.59 Å². The maximum absolute atomic E-state index is 13.0. The van der Waals surface area contributed by atoms with Crippen molar-refractivity contribution in [3.8, 4) is 22.7 Å². The highest BCUT2D eigenvalue weighted by Crippen LogP contribution is 2.28. The van der Waals surface area contributed by atoms with Gasteiger partial charge in [-0.15, -0.1) is 0 Å². The lowest BCUT2D eigenvalue weighted by atomic mass is 10.1. The number of carbonyl (C=O) groups excluding carboxylic acids is 2. The van der Waals surface area contributed by atoms with Gasteiger partial charge in [-0.25, -0.2) is 9.67 Å². The number of aromatic nitrogens is 5. The zero-order valence-corrected chi connectivity index (χ0v) is 19.3. The number of aryl methyl sites for hydroxylation is 1. The van der Waals surface area contributed by atoms with Crippen molar-refractivity contribution in [1.29, 1.82) is 0 Å². The Balaban J connectivity index is 1.26. The minimum Gasteiger partial charge on any atom is -0.482 e. The van der Waals surface area contributed by atoms with Crippen molar-refractivity contribution in [2.75, 3.05) is 11.9 Å². The first-order chi connectivity index (χ1) is 17.5. The van der Waals surface area contributed by atoms with Gasteiger partial charge in [0, 0.05) is 30.4 Å². The maximum Gasteiger partial charge on any atom is 0.270 e. The van der Waals surface area contributed by atoms with E-state index in [1.165, 1.54) is 5.56 Å². The first kappa shape index (κ1) is 21.5. The molecule has 2 N–H and O–H groups in total. The largest absolute Gasteiger partial charge is 0.482 e. The lowest BCUT2D eigenvalue weighted by molar-refractivity contribution is -0.118. The summed E-state index contributed by atoms with van der Waals surface area (Å²) >= 11 is 0. The van der Waals surface area contributed by atoms with Crippen molar-refractivity contribution in [2.24, 2.45) is 0 Å². The molecule has 3 aromatic heterocycles. The molecule has 178 valence electrons. The minimum absolute atomic E-state index is 0.00305. The highest BCUT2D eigenvalue weighted by atomic mass is 16.5. The van der Waals surface area contributed by atoms with Gasteiger partial charge in [0.05, 0.1) is 18.1 Å². The number of anilines is 1. The quantitative estimate of drug-likeness (QED) is 0.400. The summed E-state index contributed by atoms with van der Waals surface area (Å²) in [5.41, 5.74) is 5.33. The molecule has 6 rings (SSSR count). The zero-order valence-electron chi connectivity index (χ0n) is 19.3. The van der Waals surface area contributed by atoms with Crippen LogP contribution in [0.4, 0.5) is 5.69 Å². The molecule has 0 atom stereocenters. The smallest absolute Gasteiger partial charge is 0.270 e. The van der Waals surface area contributed by atoms with E-state index >= 15 is 0 Å². The van der Waals surface area contributed by atoms with Crippen LogP contribution in [0.15, 0.2) is 73.2 Å². The van der Waals surface area contributed by atoms with Crippen LogP contribution < -0.4 is 15.4 Å². The first-order valence-corrected chi connectivity index (χ1v) is 11.3. The average Bonchev–Trinajstić information content (AvgIpc) is 3.57. The molecule has 0 spiro atoms. The van der Waals surface area contributed by atoms with Crippen LogP contribution in [0.2, 0.25) is 0 Å². The molecule has 5 aromatic rings. The summed E-state index contributed by atoms with van der Waals surface area (Å²) in [7, 11) is 0. The summed E-state index contributed by atoms with van der Waals surface area (Å²) in [5, 5.41) is 14.5. The average molecular weight is 480 g/mol. The summed E-state index contributed by atoms with van der Waals surface area (Å²) in [6.07, 6.45) is 5.30. The number of fused-ring (bicyclic) bond motifs is 2. The standard InChI is InChI=1S/C26H21N7O3/c1-16-2-5-18(6-3-16)19-13-29-32(14-19)25-11-21(30-23-8-9-28-33(23)25)26(35)27-12-17-4-7-22-20(10-17)31-24(34)15-36-22/h2-11,13-14H,12,15H2,1H3,(H,27,35)(H,31,34). The number of nitrogens with one attached hydrogen (secondary N) is 2. The Morgan fingerprint density at radius 1 is 1.08 bits per heavy atom. The predicted octanol–water partition coefficient (Wildman–Crippen LogP) is 3.15. The number of amides is 2. The maximum atomic E-state index is 13.0. The Kier molecular flexibility index (Phi) is 5.18. The van der Waals surface area contributed by atoms with Crippen molar-refractivity contribution in [3.63, 3.8) is 0 Å². The van der Waals surface area contributed by atoms with Gasteiger partial charge in [-0.05, 0) is 30.2 Å². The summed E-state index contributed by atoms with van der Waals surface area (Å²) in [6.45, 7) is 2.29. The normalized spacial score (nSPS) is 12.6. The molecular formula is C26H21N7O3. The van der Waals surface area contributed by atoms with Gasteiger partial charge < -0.3 is 15.4 Å². The van der Waals surface area contributed by atoms with Crippen molar-refractivity contribution in [1.82, 2.24) is 29.7 Å². The molecule has 0 unspecified atom stereocenters. The van der Waals surface area contributed by atoms with E-state index in [0.717, 1.165) is 16.7 Å². The molecule has 1 aliphatic rings. The van der Waals surface area contributed by atoms with Crippen LogP contribution >= 0.6 is 0 Å². The van der Waals surface area contributed by atoms with Gasteiger partial charge in [0.25, 0.3) is 11.8 Å². The molecule has 10 heteroatoms. The van der Waals surface area contributed by atoms with Gasteiger partial charge in [-0.2, -0.15) is 14.7 Å². The van der Waals surface area contributed by atoms with Crippen LogP contribution in [0.5, 0.6) is 5.75 Å². The van der Waals surface area contributed by atoms with Crippen molar-refractivity contribution < 1.29 is 14.3 Å². The molecule has 36 heavy (non-hydrogen) atoms. The van der Waals surface area contributed by atoms with Crippen molar-refractivity contribution >= 4 is 23.1 Å². The third kappa shape index (κ3) is 4.05. The molecule has 0 saturated carbocycles. The van der Waals surface area contributed by atoms with Crippen LogP contribution in [0, 0.1) is 6.92 Å². The van der Waals surface area contributed by atoms with Gasteiger partial charge in [0.2, 0.25) is 0 Å². The second-order valence-electron chi connectivity index (χ2n) is 8.49. The molecule has 10 nitrogen and oxygen atoms in total. The molecule has 2 aromatic carbocycles. The summed E-state index contributed by atoms with van der Waals surface area (Å²) in [5.74, 6) is 0.635. The number of benzene rings is 2. The Bertz CT molecular complexity index is 1620. The third-order valence-corrected chi connectivity index (χ3v) is 5.91. The fourth-order valence-corrected chi connectivity index (χ4v) is 4.03. The highest BCUT2D eigenvalue weighted by Gasteiger charge is 2.18. The molecule has 0 bridgehead atoms. The molecule has 2 amide bonds. The number of nitrogens with zero attached hydrogens (tertiary/aromatic N) is 5. The van der Waals surface area contributed by atoms with Crippen LogP contribution in [0.25, 0.3) is 22.6 Å². The van der Waals surface area contributed by atoms with E-state index in [-0.39, 0.29) is 30.7 Å². The second kappa shape index (κ2) is 8.66. The number of ether oxygens (including phenoxy) is 1. The van der Waals surface area contributed by atoms with Gasteiger partial charge in [-0.1, -0.05) is 35.9 Å². The number of hydrogen-bond acceptors (Lipinski definition) is 6. The topological polar surface area (TPSA) is 115 Å². The molecule has 0 radical (unpaired) electrons. The van der Waals surface area contributed by atoms with Crippen LogP contribution in [-0.2, 0) is 11.3 Å². The van der Waals surface area contributed by atoms with E-state index in [9.17, 15) is 9.59 Å². The fourth-order valence-electron chi connectivity index (χ4n) is 4.03. The number of rotatable bonds is 5. The lowest BCUT2D eigenvalue weighted by Gasteiger charge is -2.18. The Labute approximate surface area is 205 Å².